The number of unbranched alkanes of at least 4 members (excludes halogenated alkanes) is 1. The van der Waals surface area contributed by atoms with E-state index in [4.69, 9.17) is 4.74 Å². The number of hydrogen-bond acceptors (Lipinski definition) is 2. The Morgan fingerprint density at radius 1 is 1.26 bits per heavy atom. The summed E-state index contributed by atoms with van der Waals surface area (Å²) in [6.45, 7) is 3.16. The molecule has 0 bridgehead atoms. The second kappa shape index (κ2) is 13.2. The zero-order chi connectivity index (χ0) is 18.8. The summed E-state index contributed by atoms with van der Waals surface area (Å²) < 4.78 is 8.94. The van der Waals surface area contributed by atoms with E-state index < -0.39 is 0 Å². The first kappa shape index (κ1) is 24.0. The normalized spacial score (nSPS) is 11.2. The number of ether oxygens (including phenoxy) is 1. The van der Waals surface area contributed by atoms with Gasteiger partial charge in [-0.3, -0.25) is 4.99 Å². The molecule has 0 aliphatic heterocycles. The van der Waals surface area contributed by atoms with Crippen LogP contribution < -0.4 is 5.32 Å². The fourth-order valence-electron chi connectivity index (χ4n) is 2.72. The molecule has 0 saturated carbocycles. The van der Waals surface area contributed by atoms with Gasteiger partial charge < -0.3 is 19.5 Å². The Hall–Kier alpha value is -1.06. The molecule has 2 rings (SSSR count). The summed E-state index contributed by atoms with van der Waals surface area (Å²) >= 11 is 3.52. The van der Waals surface area contributed by atoms with E-state index >= 15 is 0 Å². The van der Waals surface area contributed by atoms with Gasteiger partial charge in [0.15, 0.2) is 5.96 Å². The number of hydrogen-bond donors (Lipinski definition) is 1. The summed E-state index contributed by atoms with van der Waals surface area (Å²) in [4.78, 5) is 6.51. The van der Waals surface area contributed by atoms with Crippen LogP contribution in [0.4, 0.5) is 0 Å². The van der Waals surface area contributed by atoms with Gasteiger partial charge in [0, 0.05) is 50.7 Å². The van der Waals surface area contributed by atoms with Crippen molar-refractivity contribution in [2.24, 2.45) is 12.0 Å². The average molecular weight is 549 g/mol. The summed E-state index contributed by atoms with van der Waals surface area (Å²) in [6, 6.07) is 12.4. The van der Waals surface area contributed by atoms with Gasteiger partial charge in [0.25, 0.3) is 0 Å². The topological polar surface area (TPSA) is 41.8 Å². The molecule has 5 nitrogen and oxygen atoms in total. The van der Waals surface area contributed by atoms with Crippen molar-refractivity contribution >= 4 is 45.9 Å². The first-order valence-corrected chi connectivity index (χ1v) is 9.73. The smallest absolute Gasteiger partial charge is 0.193 e. The molecule has 1 N–H and O–H groups in total. The number of halogens is 2. The van der Waals surface area contributed by atoms with Crippen LogP contribution in [0, 0.1) is 0 Å². The molecule has 7 heteroatoms. The molecule has 2 aromatic rings. The quantitative estimate of drug-likeness (QED) is 0.218. The molecular formula is C20H30BrIN4O. The molecule has 150 valence electrons. The van der Waals surface area contributed by atoms with Crippen molar-refractivity contribution < 1.29 is 4.74 Å². The molecule has 0 saturated heterocycles. The molecule has 0 amide bonds. The number of guanidine groups is 1. The van der Waals surface area contributed by atoms with Crippen molar-refractivity contribution in [1.29, 1.82) is 0 Å². The Morgan fingerprint density at radius 2 is 2.00 bits per heavy atom. The minimum Gasteiger partial charge on any atom is -0.377 e. The number of aliphatic imine (C=N–C) groups is 1. The van der Waals surface area contributed by atoms with Crippen LogP contribution in [-0.4, -0.2) is 42.7 Å². The largest absolute Gasteiger partial charge is 0.377 e. The standard InChI is InChI=1S/C20H29BrN4O.HI/c1-22-20(25(3)15-19-13-18(21)14-24(19)2)23-11-7-8-12-26-16-17-9-5-4-6-10-17;/h4-6,9-10,13-14H,7-8,11-12,15-16H2,1-3H3,(H,22,23);1H. The molecule has 0 aliphatic carbocycles. The van der Waals surface area contributed by atoms with Gasteiger partial charge in [-0.2, -0.15) is 0 Å². The molecule has 0 unspecified atom stereocenters. The average Bonchev–Trinajstić information content (AvgIpc) is 2.95. The van der Waals surface area contributed by atoms with Crippen LogP contribution in [0.5, 0.6) is 0 Å². The van der Waals surface area contributed by atoms with Crippen LogP contribution in [-0.2, 0) is 24.9 Å². The lowest BCUT2D eigenvalue weighted by molar-refractivity contribution is 0.117. The first-order chi connectivity index (χ1) is 12.6. The predicted molar refractivity (Wildman–Crippen MR) is 127 cm³/mol. The van der Waals surface area contributed by atoms with Crippen molar-refractivity contribution in [2.75, 3.05) is 27.2 Å². The predicted octanol–water partition coefficient (Wildman–Crippen LogP) is 4.41. The van der Waals surface area contributed by atoms with Crippen LogP contribution in [0.15, 0.2) is 52.1 Å². The fraction of sp³-hybridized carbons (Fsp3) is 0.450. The lowest BCUT2D eigenvalue weighted by Gasteiger charge is -2.22. The van der Waals surface area contributed by atoms with Crippen molar-refractivity contribution in [2.45, 2.75) is 26.0 Å². The first-order valence-electron chi connectivity index (χ1n) is 8.94. The second-order valence-corrected chi connectivity index (χ2v) is 7.25. The minimum atomic E-state index is 0. The Labute approximate surface area is 188 Å². The monoisotopic (exact) mass is 548 g/mol. The van der Waals surface area contributed by atoms with Crippen LogP contribution in [0.2, 0.25) is 0 Å². The van der Waals surface area contributed by atoms with E-state index in [1.165, 1.54) is 11.3 Å². The van der Waals surface area contributed by atoms with Gasteiger partial charge in [-0.25, -0.2) is 0 Å². The van der Waals surface area contributed by atoms with E-state index in [1.54, 1.807) is 0 Å². The number of aryl methyl sites for hydroxylation is 1. The molecule has 0 spiro atoms. The molecule has 0 fully saturated rings. The third kappa shape index (κ3) is 8.66. The molecule has 0 aliphatic rings. The molecule has 0 atom stereocenters. The molecule has 1 aromatic heterocycles. The van der Waals surface area contributed by atoms with Gasteiger partial charge in [0.1, 0.15) is 0 Å². The van der Waals surface area contributed by atoms with Crippen molar-refractivity contribution in [3.8, 4) is 0 Å². The minimum absolute atomic E-state index is 0. The SMILES string of the molecule is CN=C(NCCCCOCc1ccccc1)N(C)Cc1cc(Br)cn1C.I. The lowest BCUT2D eigenvalue weighted by Crippen LogP contribution is -2.39. The van der Waals surface area contributed by atoms with Gasteiger partial charge in [-0.15, -0.1) is 24.0 Å². The van der Waals surface area contributed by atoms with E-state index in [9.17, 15) is 0 Å². The zero-order valence-electron chi connectivity index (χ0n) is 16.3. The van der Waals surface area contributed by atoms with Crippen LogP contribution >= 0.6 is 39.9 Å². The summed E-state index contributed by atoms with van der Waals surface area (Å²) in [7, 11) is 5.93. The maximum absolute atomic E-state index is 5.72. The number of benzene rings is 1. The molecule has 0 radical (unpaired) electrons. The lowest BCUT2D eigenvalue weighted by atomic mass is 10.2. The maximum atomic E-state index is 5.72. The Morgan fingerprint density at radius 3 is 2.63 bits per heavy atom. The number of aromatic nitrogens is 1. The Bertz CT molecular complexity index is 691. The molecule has 27 heavy (non-hydrogen) atoms. The van der Waals surface area contributed by atoms with Crippen molar-refractivity contribution in [3.05, 3.63) is 58.3 Å². The van der Waals surface area contributed by atoms with E-state index in [0.29, 0.717) is 6.61 Å². The van der Waals surface area contributed by atoms with Gasteiger partial charge in [-0.05, 0) is 40.4 Å². The zero-order valence-corrected chi connectivity index (χ0v) is 20.2. The van der Waals surface area contributed by atoms with E-state index in [1.807, 2.05) is 25.2 Å². The highest BCUT2D eigenvalue weighted by molar-refractivity contribution is 14.0. The third-order valence-corrected chi connectivity index (χ3v) is 4.59. The number of nitrogens with zero attached hydrogens (tertiary/aromatic N) is 3. The molecule has 1 heterocycles. The van der Waals surface area contributed by atoms with Crippen LogP contribution in [0.3, 0.4) is 0 Å². The third-order valence-electron chi connectivity index (χ3n) is 4.16. The van der Waals surface area contributed by atoms with Crippen molar-refractivity contribution in [1.82, 2.24) is 14.8 Å². The number of rotatable bonds is 9. The summed E-state index contributed by atoms with van der Waals surface area (Å²) in [5, 5.41) is 3.42. The van der Waals surface area contributed by atoms with E-state index in [0.717, 1.165) is 43.0 Å². The van der Waals surface area contributed by atoms with Crippen LogP contribution in [0.25, 0.3) is 0 Å². The van der Waals surface area contributed by atoms with Gasteiger partial charge >= 0.3 is 0 Å². The number of nitrogens with one attached hydrogen (secondary N) is 1. The highest BCUT2D eigenvalue weighted by atomic mass is 127. The molecular weight excluding hydrogens is 519 g/mol. The van der Waals surface area contributed by atoms with E-state index in [2.05, 4.69) is 74.2 Å². The maximum Gasteiger partial charge on any atom is 0.193 e. The highest BCUT2D eigenvalue weighted by Crippen LogP contribution is 2.14. The fourth-order valence-corrected chi connectivity index (χ4v) is 3.29. The molecule has 1 aromatic carbocycles. The Balaban J connectivity index is 0.00000364. The van der Waals surface area contributed by atoms with Gasteiger partial charge in [-0.1, -0.05) is 30.3 Å². The van der Waals surface area contributed by atoms with Gasteiger partial charge in [0.2, 0.25) is 0 Å². The summed E-state index contributed by atoms with van der Waals surface area (Å²) in [6.07, 6.45) is 4.15. The summed E-state index contributed by atoms with van der Waals surface area (Å²) in [5.74, 6) is 0.910. The summed E-state index contributed by atoms with van der Waals surface area (Å²) in [5.41, 5.74) is 2.46. The van der Waals surface area contributed by atoms with Gasteiger partial charge in [0.05, 0.1) is 13.2 Å². The highest BCUT2D eigenvalue weighted by Gasteiger charge is 2.09. The Kier molecular flexibility index (Phi) is 11.7. The van der Waals surface area contributed by atoms with Crippen molar-refractivity contribution in [3.63, 3.8) is 0 Å². The second-order valence-electron chi connectivity index (χ2n) is 6.34. The van der Waals surface area contributed by atoms with E-state index in [-0.39, 0.29) is 24.0 Å². The van der Waals surface area contributed by atoms with Crippen LogP contribution in [0.1, 0.15) is 24.1 Å².